The van der Waals surface area contributed by atoms with Crippen molar-refractivity contribution in [3.05, 3.63) is 53.9 Å². The first-order chi connectivity index (χ1) is 8.59. The average molecular weight is 265 g/mol. The third-order valence-corrected chi connectivity index (χ3v) is 2.53. The van der Waals surface area contributed by atoms with E-state index in [2.05, 4.69) is 10.3 Å². The van der Waals surface area contributed by atoms with E-state index in [-0.39, 0.29) is 10.7 Å². The Kier molecular flexibility index (Phi) is 3.47. The normalized spacial score (nSPS) is 10.1. The Morgan fingerprint density at radius 3 is 2.50 bits per heavy atom. The van der Waals surface area contributed by atoms with Crippen molar-refractivity contribution < 1.29 is 8.78 Å². The lowest BCUT2D eigenvalue weighted by Gasteiger charge is -2.11. The predicted molar refractivity (Wildman–Crippen MR) is 69.8 cm³/mol. The largest absolute Gasteiger partial charge is 0.389 e. The summed E-state index contributed by atoms with van der Waals surface area (Å²) < 4.78 is 27.0. The maximum atomic E-state index is 13.5. The van der Waals surface area contributed by atoms with Gasteiger partial charge >= 0.3 is 0 Å². The fourth-order valence-electron chi connectivity index (χ4n) is 1.46. The molecule has 0 bridgehead atoms. The molecule has 3 nitrogen and oxygen atoms in total. The highest BCUT2D eigenvalue weighted by Crippen LogP contribution is 2.24. The van der Waals surface area contributed by atoms with Crippen LogP contribution in [0.3, 0.4) is 0 Å². The lowest BCUT2D eigenvalue weighted by atomic mass is 10.2. The number of anilines is 2. The Balaban J connectivity index is 2.43. The van der Waals surface area contributed by atoms with Gasteiger partial charge in [-0.25, -0.2) is 8.78 Å². The van der Waals surface area contributed by atoms with Gasteiger partial charge in [-0.15, -0.1) is 0 Å². The summed E-state index contributed by atoms with van der Waals surface area (Å²) in [7, 11) is 0. The Morgan fingerprint density at radius 1 is 1.22 bits per heavy atom. The lowest BCUT2D eigenvalue weighted by molar-refractivity contribution is 0.591. The fourth-order valence-corrected chi connectivity index (χ4v) is 1.64. The quantitative estimate of drug-likeness (QED) is 0.838. The number of nitrogens with zero attached hydrogens (tertiary/aromatic N) is 1. The summed E-state index contributed by atoms with van der Waals surface area (Å²) in [5.41, 5.74) is 6.09. The van der Waals surface area contributed by atoms with Gasteiger partial charge in [-0.05, 0) is 18.2 Å². The van der Waals surface area contributed by atoms with Gasteiger partial charge in [-0.3, -0.25) is 4.98 Å². The van der Waals surface area contributed by atoms with Gasteiger partial charge in [-0.2, -0.15) is 0 Å². The molecule has 0 spiro atoms. The van der Waals surface area contributed by atoms with Gasteiger partial charge in [0.15, 0.2) is 0 Å². The van der Waals surface area contributed by atoms with Crippen LogP contribution in [0, 0.1) is 11.6 Å². The second kappa shape index (κ2) is 5.05. The molecule has 18 heavy (non-hydrogen) atoms. The SMILES string of the molecule is NC(=S)c1ccncc1Nc1c(F)cccc1F. The molecule has 0 amide bonds. The molecule has 0 aliphatic heterocycles. The summed E-state index contributed by atoms with van der Waals surface area (Å²) >= 11 is 4.85. The molecule has 0 aliphatic carbocycles. The minimum Gasteiger partial charge on any atom is -0.389 e. The van der Waals surface area contributed by atoms with Crippen molar-refractivity contribution in [2.24, 2.45) is 5.73 Å². The zero-order valence-corrected chi connectivity index (χ0v) is 9.97. The predicted octanol–water partition coefficient (Wildman–Crippen LogP) is 2.74. The molecule has 1 aromatic carbocycles. The molecule has 2 rings (SSSR count). The molecular weight excluding hydrogens is 256 g/mol. The third-order valence-electron chi connectivity index (χ3n) is 2.31. The average Bonchev–Trinajstić information content (AvgIpc) is 2.34. The van der Waals surface area contributed by atoms with Crippen molar-refractivity contribution >= 4 is 28.6 Å². The highest BCUT2D eigenvalue weighted by molar-refractivity contribution is 7.80. The number of aromatic nitrogens is 1. The van der Waals surface area contributed by atoms with Crippen molar-refractivity contribution in [3.63, 3.8) is 0 Å². The van der Waals surface area contributed by atoms with E-state index in [4.69, 9.17) is 18.0 Å². The van der Waals surface area contributed by atoms with Gasteiger partial charge < -0.3 is 11.1 Å². The van der Waals surface area contributed by atoms with Crippen molar-refractivity contribution in [1.82, 2.24) is 4.98 Å². The van der Waals surface area contributed by atoms with E-state index in [0.717, 1.165) is 12.1 Å². The number of hydrogen-bond acceptors (Lipinski definition) is 3. The van der Waals surface area contributed by atoms with Gasteiger partial charge in [0.1, 0.15) is 22.3 Å². The minimum absolute atomic E-state index is 0.122. The summed E-state index contributed by atoms with van der Waals surface area (Å²) in [5.74, 6) is -1.40. The number of hydrogen-bond donors (Lipinski definition) is 2. The molecule has 0 atom stereocenters. The van der Waals surface area contributed by atoms with E-state index in [1.54, 1.807) is 6.07 Å². The number of nitrogens with two attached hydrogens (primary N) is 1. The number of benzene rings is 1. The number of thiocarbonyl (C=S) groups is 1. The van der Waals surface area contributed by atoms with Gasteiger partial charge in [-0.1, -0.05) is 18.3 Å². The Labute approximate surface area is 108 Å². The summed E-state index contributed by atoms with van der Waals surface area (Å²) in [6, 6.07) is 5.17. The van der Waals surface area contributed by atoms with Crippen LogP contribution in [0.15, 0.2) is 36.7 Å². The van der Waals surface area contributed by atoms with Crippen LogP contribution in [-0.4, -0.2) is 9.97 Å². The van der Waals surface area contributed by atoms with E-state index in [9.17, 15) is 8.78 Å². The first-order valence-corrected chi connectivity index (χ1v) is 5.45. The Bertz CT molecular complexity index is 581. The summed E-state index contributed by atoms with van der Waals surface area (Å²) in [6.45, 7) is 0. The van der Waals surface area contributed by atoms with E-state index in [1.807, 2.05) is 0 Å². The molecule has 0 saturated carbocycles. The minimum atomic E-state index is -0.701. The molecule has 6 heteroatoms. The topological polar surface area (TPSA) is 50.9 Å². The molecule has 0 radical (unpaired) electrons. The van der Waals surface area contributed by atoms with Crippen LogP contribution in [-0.2, 0) is 0 Å². The molecule has 3 N–H and O–H groups in total. The second-order valence-corrected chi connectivity index (χ2v) is 3.95. The third kappa shape index (κ3) is 2.43. The number of rotatable bonds is 3. The molecule has 0 fully saturated rings. The van der Waals surface area contributed by atoms with Crippen LogP contribution in [0.2, 0.25) is 0 Å². The summed E-state index contributed by atoms with van der Waals surface area (Å²) in [6.07, 6.45) is 2.90. The van der Waals surface area contributed by atoms with Crippen molar-refractivity contribution in [1.29, 1.82) is 0 Å². The Hall–Kier alpha value is -2.08. The monoisotopic (exact) mass is 265 g/mol. The maximum Gasteiger partial charge on any atom is 0.149 e. The highest BCUT2D eigenvalue weighted by Gasteiger charge is 2.11. The number of nitrogens with one attached hydrogen (secondary N) is 1. The molecule has 1 heterocycles. The van der Waals surface area contributed by atoms with Crippen LogP contribution in [0.4, 0.5) is 20.2 Å². The van der Waals surface area contributed by atoms with Crippen LogP contribution in [0.25, 0.3) is 0 Å². The molecule has 2 aromatic rings. The number of pyridine rings is 1. The molecule has 92 valence electrons. The van der Waals surface area contributed by atoms with Crippen LogP contribution in [0.5, 0.6) is 0 Å². The molecule has 0 unspecified atom stereocenters. The van der Waals surface area contributed by atoms with Gasteiger partial charge in [0, 0.05) is 11.8 Å². The second-order valence-electron chi connectivity index (χ2n) is 3.51. The molecule has 0 aliphatic rings. The van der Waals surface area contributed by atoms with Crippen LogP contribution in [0.1, 0.15) is 5.56 Å². The van der Waals surface area contributed by atoms with E-state index in [1.165, 1.54) is 18.5 Å². The van der Waals surface area contributed by atoms with Crippen molar-refractivity contribution in [2.45, 2.75) is 0 Å². The zero-order valence-electron chi connectivity index (χ0n) is 9.15. The van der Waals surface area contributed by atoms with Crippen molar-refractivity contribution in [2.75, 3.05) is 5.32 Å². The molecule has 1 aromatic heterocycles. The molecule has 0 saturated heterocycles. The van der Waals surface area contributed by atoms with Crippen molar-refractivity contribution in [3.8, 4) is 0 Å². The van der Waals surface area contributed by atoms with Crippen LogP contribution >= 0.6 is 12.2 Å². The molecular formula is C12H9F2N3S. The summed E-state index contributed by atoms with van der Waals surface area (Å²) in [5, 5.41) is 2.61. The van der Waals surface area contributed by atoms with E-state index in [0.29, 0.717) is 11.3 Å². The van der Waals surface area contributed by atoms with E-state index >= 15 is 0 Å². The number of para-hydroxylation sites is 1. The fraction of sp³-hybridized carbons (Fsp3) is 0. The highest BCUT2D eigenvalue weighted by atomic mass is 32.1. The standard InChI is InChI=1S/C12H9F2N3S/c13-8-2-1-3-9(14)11(8)17-10-6-16-5-4-7(10)12(15)18/h1-6,17H,(H2,15,18). The summed E-state index contributed by atoms with van der Waals surface area (Å²) in [4.78, 5) is 3.98. The van der Waals surface area contributed by atoms with Crippen LogP contribution < -0.4 is 11.1 Å². The first kappa shape index (κ1) is 12.4. The zero-order chi connectivity index (χ0) is 13.1. The lowest BCUT2D eigenvalue weighted by Crippen LogP contribution is -2.12. The smallest absolute Gasteiger partial charge is 0.149 e. The Morgan fingerprint density at radius 2 is 1.89 bits per heavy atom. The van der Waals surface area contributed by atoms with E-state index < -0.39 is 11.6 Å². The van der Waals surface area contributed by atoms with Gasteiger partial charge in [0.25, 0.3) is 0 Å². The first-order valence-electron chi connectivity index (χ1n) is 5.04. The van der Waals surface area contributed by atoms with Gasteiger partial charge in [0.2, 0.25) is 0 Å². The maximum absolute atomic E-state index is 13.5. The van der Waals surface area contributed by atoms with Gasteiger partial charge in [0.05, 0.1) is 11.9 Å². The number of halogens is 2.